The molecule has 58 heavy (non-hydrogen) atoms. The molecule has 2 atom stereocenters. The van der Waals surface area contributed by atoms with E-state index in [0.717, 1.165) is 48.4 Å². The van der Waals surface area contributed by atoms with Gasteiger partial charge in [0.05, 0.1) is 0 Å². The minimum absolute atomic E-state index is 0.0419. The highest BCUT2D eigenvalue weighted by Crippen LogP contribution is 2.63. The Morgan fingerprint density at radius 1 is 0.500 bits per heavy atom. The molecule has 0 aliphatic heterocycles. The summed E-state index contributed by atoms with van der Waals surface area (Å²) >= 11 is 0. The molecular formula is C56H46N2. The van der Waals surface area contributed by atoms with Gasteiger partial charge >= 0.3 is 0 Å². The number of fused-ring (bicyclic) bond motifs is 3. The molecule has 0 saturated heterocycles. The van der Waals surface area contributed by atoms with Crippen molar-refractivity contribution in [3.63, 3.8) is 0 Å². The standard InChI is InChI=1S/C56H46N2/c1-2-8-20-50(19-7-1)58(51-36-30-45(31-37-51)43-26-24-42(25-27-43)41-14-5-3-6-15-41)52-38-32-46(33-39-52)44-28-34-49(35-29-44)57-55-23-10-4-9-22-54(55)56-40-48(56)18-13-17-47-16-11-12-21-53(47)56/h1-7,9-16,18-22,24-39,48,57H,8,17,23,40H2. The van der Waals surface area contributed by atoms with Gasteiger partial charge in [0, 0.05) is 40.3 Å². The lowest BCUT2D eigenvalue weighted by Gasteiger charge is -2.27. The third-order valence-electron chi connectivity index (χ3n) is 12.2. The summed E-state index contributed by atoms with van der Waals surface area (Å²) in [7, 11) is 0. The molecule has 2 unspecified atom stereocenters. The van der Waals surface area contributed by atoms with Gasteiger partial charge in [-0.1, -0.05) is 176 Å². The molecule has 0 bridgehead atoms. The van der Waals surface area contributed by atoms with E-state index in [1.165, 1.54) is 55.8 Å². The lowest BCUT2D eigenvalue weighted by molar-refractivity contribution is 0.773. The van der Waals surface area contributed by atoms with Crippen LogP contribution in [0.25, 0.3) is 33.4 Å². The van der Waals surface area contributed by atoms with Crippen LogP contribution < -0.4 is 10.2 Å². The van der Waals surface area contributed by atoms with Crippen LogP contribution in [0.15, 0.2) is 235 Å². The van der Waals surface area contributed by atoms with Crippen LogP contribution >= 0.6 is 0 Å². The summed E-state index contributed by atoms with van der Waals surface area (Å²) in [6, 6.07) is 55.4. The van der Waals surface area contributed by atoms with Crippen molar-refractivity contribution in [2.24, 2.45) is 5.92 Å². The summed E-state index contributed by atoms with van der Waals surface area (Å²) in [6.07, 6.45) is 28.8. The van der Waals surface area contributed by atoms with Crippen molar-refractivity contribution in [3.8, 4) is 33.4 Å². The maximum atomic E-state index is 3.89. The molecule has 0 aromatic heterocycles. The van der Waals surface area contributed by atoms with Crippen LogP contribution in [0.5, 0.6) is 0 Å². The first-order chi connectivity index (χ1) is 28.7. The van der Waals surface area contributed by atoms with Gasteiger partial charge in [0.2, 0.25) is 0 Å². The normalized spacial score (nSPS) is 19.0. The molecule has 6 aromatic rings. The molecule has 2 heteroatoms. The topological polar surface area (TPSA) is 15.3 Å². The summed E-state index contributed by atoms with van der Waals surface area (Å²) in [5.74, 6) is 0.543. The van der Waals surface area contributed by atoms with Crippen LogP contribution in [-0.2, 0) is 11.8 Å². The van der Waals surface area contributed by atoms with Gasteiger partial charge in [0.15, 0.2) is 0 Å². The predicted molar refractivity (Wildman–Crippen MR) is 245 cm³/mol. The molecular weight excluding hydrogens is 701 g/mol. The van der Waals surface area contributed by atoms with Crippen molar-refractivity contribution < 1.29 is 0 Å². The molecule has 4 aliphatic rings. The number of nitrogens with one attached hydrogen (secondary N) is 1. The zero-order valence-electron chi connectivity index (χ0n) is 32.6. The molecule has 6 aromatic carbocycles. The Kier molecular flexibility index (Phi) is 9.53. The number of allylic oxidation sites excluding steroid dienone is 12. The van der Waals surface area contributed by atoms with E-state index in [4.69, 9.17) is 0 Å². The summed E-state index contributed by atoms with van der Waals surface area (Å²) in [4.78, 5) is 2.36. The first kappa shape index (κ1) is 35.5. The van der Waals surface area contributed by atoms with E-state index >= 15 is 0 Å². The van der Waals surface area contributed by atoms with Gasteiger partial charge in [-0.25, -0.2) is 0 Å². The molecule has 0 amide bonds. The number of anilines is 3. The van der Waals surface area contributed by atoms with Gasteiger partial charge in [-0.15, -0.1) is 0 Å². The van der Waals surface area contributed by atoms with E-state index in [-0.39, 0.29) is 5.41 Å². The zero-order chi connectivity index (χ0) is 38.7. The van der Waals surface area contributed by atoms with Crippen LogP contribution in [0.1, 0.15) is 30.4 Å². The third kappa shape index (κ3) is 6.92. The highest BCUT2D eigenvalue weighted by Gasteiger charge is 2.57. The maximum absolute atomic E-state index is 3.89. The molecule has 4 aliphatic carbocycles. The second-order valence-electron chi connectivity index (χ2n) is 15.7. The van der Waals surface area contributed by atoms with Crippen LogP contribution in [0.2, 0.25) is 0 Å². The number of benzene rings is 6. The molecule has 0 radical (unpaired) electrons. The quantitative estimate of drug-likeness (QED) is 0.148. The Morgan fingerprint density at radius 3 is 1.76 bits per heavy atom. The number of rotatable bonds is 9. The van der Waals surface area contributed by atoms with Crippen molar-refractivity contribution in [2.75, 3.05) is 10.2 Å². The molecule has 10 rings (SSSR count). The molecule has 0 spiro atoms. The lowest BCUT2D eigenvalue weighted by Crippen LogP contribution is -2.18. The highest BCUT2D eigenvalue weighted by atomic mass is 15.1. The Balaban J connectivity index is 0.897. The molecule has 0 heterocycles. The molecule has 280 valence electrons. The minimum atomic E-state index is 0.0419. The average Bonchev–Trinajstić information content (AvgIpc) is 4.10. The first-order valence-electron chi connectivity index (χ1n) is 20.6. The monoisotopic (exact) mass is 746 g/mol. The average molecular weight is 747 g/mol. The van der Waals surface area contributed by atoms with Crippen LogP contribution in [0.3, 0.4) is 0 Å². The van der Waals surface area contributed by atoms with Crippen LogP contribution in [0.4, 0.5) is 17.1 Å². The molecule has 2 nitrogen and oxygen atoms in total. The van der Waals surface area contributed by atoms with Crippen LogP contribution in [0, 0.1) is 5.92 Å². The summed E-state index contributed by atoms with van der Waals surface area (Å²) in [5, 5.41) is 3.89. The van der Waals surface area contributed by atoms with Gasteiger partial charge in [0.1, 0.15) is 0 Å². The van der Waals surface area contributed by atoms with Gasteiger partial charge in [-0.2, -0.15) is 0 Å². The summed E-state index contributed by atoms with van der Waals surface area (Å²) in [6.45, 7) is 0. The predicted octanol–water partition coefficient (Wildman–Crippen LogP) is 14.5. The third-order valence-corrected chi connectivity index (χ3v) is 12.2. The fourth-order valence-electron chi connectivity index (χ4n) is 9.13. The van der Waals surface area contributed by atoms with Gasteiger partial charge < -0.3 is 10.2 Å². The van der Waals surface area contributed by atoms with Crippen molar-refractivity contribution >= 4 is 17.1 Å². The largest absolute Gasteiger partial charge is 0.358 e. The second kappa shape index (κ2) is 15.6. The van der Waals surface area contributed by atoms with Gasteiger partial charge in [0.25, 0.3) is 0 Å². The fraction of sp³-hybridized carbons (Fsp3) is 0.107. The van der Waals surface area contributed by atoms with Crippen molar-refractivity contribution in [2.45, 2.75) is 31.1 Å². The fourth-order valence-corrected chi connectivity index (χ4v) is 9.13. The van der Waals surface area contributed by atoms with Gasteiger partial charge in [-0.05, 0) is 118 Å². The first-order valence-corrected chi connectivity index (χ1v) is 20.6. The van der Waals surface area contributed by atoms with E-state index in [2.05, 4.69) is 229 Å². The highest BCUT2D eigenvalue weighted by molar-refractivity contribution is 5.77. The van der Waals surface area contributed by atoms with E-state index in [1.54, 1.807) is 0 Å². The van der Waals surface area contributed by atoms with Gasteiger partial charge in [-0.3, -0.25) is 0 Å². The Hall–Kier alpha value is -6.90. The lowest BCUT2D eigenvalue weighted by atomic mass is 9.81. The van der Waals surface area contributed by atoms with Crippen molar-refractivity contribution in [1.82, 2.24) is 0 Å². The Bertz CT molecular complexity index is 2650. The van der Waals surface area contributed by atoms with E-state index < -0.39 is 0 Å². The minimum Gasteiger partial charge on any atom is -0.358 e. The van der Waals surface area contributed by atoms with Crippen LogP contribution in [-0.4, -0.2) is 0 Å². The number of hydrogen-bond acceptors (Lipinski definition) is 2. The van der Waals surface area contributed by atoms with Crippen molar-refractivity contribution in [1.29, 1.82) is 0 Å². The summed E-state index contributed by atoms with van der Waals surface area (Å²) < 4.78 is 0. The molecule has 1 fully saturated rings. The molecule has 1 saturated carbocycles. The van der Waals surface area contributed by atoms with E-state index in [0.29, 0.717) is 5.92 Å². The smallest absolute Gasteiger partial charge is 0.0461 e. The number of hydrogen-bond donors (Lipinski definition) is 1. The zero-order valence-corrected chi connectivity index (χ0v) is 32.6. The maximum Gasteiger partial charge on any atom is 0.0461 e. The van der Waals surface area contributed by atoms with E-state index in [1.807, 2.05) is 0 Å². The Morgan fingerprint density at radius 2 is 1.07 bits per heavy atom. The summed E-state index contributed by atoms with van der Waals surface area (Å²) in [5.41, 5.74) is 17.5. The van der Waals surface area contributed by atoms with Crippen molar-refractivity contribution in [3.05, 3.63) is 247 Å². The van der Waals surface area contributed by atoms with E-state index in [9.17, 15) is 0 Å². The second-order valence-corrected chi connectivity index (χ2v) is 15.7. The Labute approximate surface area is 342 Å². The number of nitrogens with zero attached hydrogens (tertiary/aromatic N) is 1. The molecule has 1 N–H and O–H groups in total. The SMILES string of the molecule is C1=CCC=C(N(c2ccc(-c3ccc(NC4=C(C56CC5C=CCc5ccccc56)C=CC=CC4)cc3)cc2)c2ccc(-c3ccc(-c4ccccc4)cc3)cc2)C=C1.